The average molecular weight is 509 g/mol. The molecule has 0 unspecified atom stereocenters. The van der Waals surface area contributed by atoms with Gasteiger partial charge >= 0.3 is 5.95 Å². The molecule has 11 heteroatoms. The van der Waals surface area contributed by atoms with Crippen molar-refractivity contribution in [2.24, 2.45) is 5.73 Å². The number of nitro groups is 1. The van der Waals surface area contributed by atoms with Crippen LogP contribution in [0.2, 0.25) is 0 Å². The van der Waals surface area contributed by atoms with Crippen molar-refractivity contribution in [1.82, 2.24) is 20.2 Å². The standard InChI is InChI=1S/C26H32N6O5/c27-22(18-20-10-12-21(33)13-11-20)24(34)30-23(9-5-16-31-17-15-29-26(31)32(36)37)25(35)28-14-4-8-19-6-2-1-3-7-19/h1-3,6-7,10-13,15,17,22-23,33H,4-5,8-9,14,16,18,27H2,(H,28,35)(H,30,34)/t22-,23+/m0/s1. The Labute approximate surface area is 214 Å². The van der Waals surface area contributed by atoms with E-state index in [0.717, 1.165) is 18.4 Å². The summed E-state index contributed by atoms with van der Waals surface area (Å²) < 4.78 is 1.40. The number of nitrogens with one attached hydrogen (secondary N) is 2. The van der Waals surface area contributed by atoms with Crippen LogP contribution in [0.5, 0.6) is 5.75 Å². The van der Waals surface area contributed by atoms with Crippen LogP contribution in [0.25, 0.3) is 0 Å². The van der Waals surface area contributed by atoms with Crippen LogP contribution in [0.4, 0.5) is 5.95 Å². The van der Waals surface area contributed by atoms with Crippen LogP contribution in [0.3, 0.4) is 0 Å². The smallest absolute Gasteiger partial charge is 0.434 e. The average Bonchev–Trinajstić information content (AvgIpc) is 3.37. The fourth-order valence-corrected chi connectivity index (χ4v) is 3.91. The molecule has 0 fully saturated rings. The third-order valence-corrected chi connectivity index (χ3v) is 5.89. The number of rotatable bonds is 14. The highest BCUT2D eigenvalue weighted by Gasteiger charge is 2.24. The first-order valence-electron chi connectivity index (χ1n) is 12.1. The molecule has 2 aromatic carbocycles. The number of aryl methyl sites for hydroxylation is 2. The maximum atomic E-state index is 13.0. The number of hydrogen-bond acceptors (Lipinski definition) is 7. The molecule has 11 nitrogen and oxygen atoms in total. The zero-order chi connectivity index (χ0) is 26.6. The van der Waals surface area contributed by atoms with Crippen molar-refractivity contribution in [3.8, 4) is 5.75 Å². The minimum Gasteiger partial charge on any atom is -0.508 e. The summed E-state index contributed by atoms with van der Waals surface area (Å²) in [7, 11) is 0. The number of nitrogens with two attached hydrogens (primary N) is 1. The normalized spacial score (nSPS) is 12.5. The van der Waals surface area contributed by atoms with Gasteiger partial charge in [-0.3, -0.25) is 9.59 Å². The molecule has 0 saturated carbocycles. The number of benzene rings is 2. The molecule has 0 aliphatic heterocycles. The van der Waals surface area contributed by atoms with Crippen LogP contribution in [-0.4, -0.2) is 50.0 Å². The SMILES string of the molecule is N[C@@H](Cc1ccc(O)cc1)C(=O)N[C@H](CCCn1ccnc1[N+](=O)[O-])C(=O)NCCCc1ccccc1. The van der Waals surface area contributed by atoms with Gasteiger partial charge in [-0.1, -0.05) is 47.4 Å². The van der Waals surface area contributed by atoms with Gasteiger partial charge in [-0.15, -0.1) is 0 Å². The van der Waals surface area contributed by atoms with E-state index in [-0.39, 0.29) is 37.0 Å². The van der Waals surface area contributed by atoms with Gasteiger partial charge in [0.05, 0.1) is 12.6 Å². The van der Waals surface area contributed by atoms with Crippen molar-refractivity contribution in [2.75, 3.05) is 6.54 Å². The van der Waals surface area contributed by atoms with Crippen LogP contribution in [0.15, 0.2) is 67.0 Å². The molecule has 3 aromatic rings. The van der Waals surface area contributed by atoms with Crippen LogP contribution in [-0.2, 0) is 29.0 Å². The van der Waals surface area contributed by atoms with E-state index in [1.807, 2.05) is 30.3 Å². The van der Waals surface area contributed by atoms with E-state index in [1.165, 1.54) is 34.7 Å². The molecule has 0 saturated heterocycles. The molecule has 0 bridgehead atoms. The number of aromatic hydroxyl groups is 1. The largest absolute Gasteiger partial charge is 0.508 e. The van der Waals surface area contributed by atoms with Gasteiger partial charge in [0, 0.05) is 6.54 Å². The van der Waals surface area contributed by atoms with Gasteiger partial charge in [0.15, 0.2) is 0 Å². The Balaban J connectivity index is 1.57. The van der Waals surface area contributed by atoms with Crippen molar-refractivity contribution in [2.45, 2.75) is 50.7 Å². The van der Waals surface area contributed by atoms with E-state index >= 15 is 0 Å². The molecule has 0 spiro atoms. The number of phenolic OH excluding ortho intramolecular Hbond substituents is 1. The molecule has 196 valence electrons. The Bertz CT molecular complexity index is 1170. The summed E-state index contributed by atoms with van der Waals surface area (Å²) >= 11 is 0. The predicted octanol–water partition coefficient (Wildman–Crippen LogP) is 2.08. The molecule has 37 heavy (non-hydrogen) atoms. The zero-order valence-electron chi connectivity index (χ0n) is 20.5. The number of nitrogens with zero attached hydrogens (tertiary/aromatic N) is 3. The third-order valence-electron chi connectivity index (χ3n) is 5.89. The lowest BCUT2D eigenvalue weighted by atomic mass is 10.0. The maximum absolute atomic E-state index is 13.0. The highest BCUT2D eigenvalue weighted by atomic mass is 16.6. The molecule has 3 rings (SSSR count). The van der Waals surface area contributed by atoms with Gasteiger partial charge in [-0.05, 0) is 60.3 Å². The Morgan fingerprint density at radius 1 is 1.05 bits per heavy atom. The molecule has 0 radical (unpaired) electrons. The summed E-state index contributed by atoms with van der Waals surface area (Å²) in [5.41, 5.74) is 8.03. The first-order chi connectivity index (χ1) is 17.8. The van der Waals surface area contributed by atoms with Gasteiger partial charge in [0.2, 0.25) is 11.8 Å². The lowest BCUT2D eigenvalue weighted by molar-refractivity contribution is -0.396. The molecular weight excluding hydrogens is 476 g/mol. The van der Waals surface area contributed by atoms with E-state index in [4.69, 9.17) is 5.73 Å². The lowest BCUT2D eigenvalue weighted by Gasteiger charge is -2.21. The fraction of sp³-hybridized carbons (Fsp3) is 0.346. The Morgan fingerprint density at radius 2 is 1.78 bits per heavy atom. The number of imidazole rings is 1. The van der Waals surface area contributed by atoms with E-state index < -0.39 is 22.9 Å². The summed E-state index contributed by atoms with van der Waals surface area (Å²) in [5.74, 6) is -0.977. The van der Waals surface area contributed by atoms with Crippen LogP contribution in [0, 0.1) is 10.1 Å². The Hall–Kier alpha value is -4.25. The third kappa shape index (κ3) is 8.73. The number of aromatic nitrogens is 2. The summed E-state index contributed by atoms with van der Waals surface area (Å²) in [6.45, 7) is 0.705. The highest BCUT2D eigenvalue weighted by Crippen LogP contribution is 2.12. The number of hydrogen-bond donors (Lipinski definition) is 4. The summed E-state index contributed by atoms with van der Waals surface area (Å²) in [5, 5.41) is 26.2. The molecule has 2 atom stereocenters. The van der Waals surface area contributed by atoms with Crippen LogP contribution in [0.1, 0.15) is 30.4 Å². The van der Waals surface area contributed by atoms with Gasteiger partial charge in [0.1, 0.15) is 24.2 Å². The second-order valence-electron chi connectivity index (χ2n) is 8.74. The molecule has 2 amide bonds. The predicted molar refractivity (Wildman–Crippen MR) is 138 cm³/mol. The minimum absolute atomic E-state index is 0.115. The van der Waals surface area contributed by atoms with E-state index in [2.05, 4.69) is 15.6 Å². The number of carbonyl (C=O) groups excluding carboxylic acids is 2. The van der Waals surface area contributed by atoms with E-state index in [0.29, 0.717) is 13.0 Å². The van der Waals surface area contributed by atoms with Gasteiger partial charge in [-0.2, -0.15) is 0 Å². The van der Waals surface area contributed by atoms with E-state index in [9.17, 15) is 24.8 Å². The second kappa shape index (κ2) is 13.7. The fourth-order valence-electron chi connectivity index (χ4n) is 3.91. The first kappa shape index (κ1) is 27.3. The molecule has 1 heterocycles. The number of phenols is 1. The summed E-state index contributed by atoms with van der Waals surface area (Å²) in [6.07, 6.45) is 5.28. The Morgan fingerprint density at radius 3 is 2.49 bits per heavy atom. The minimum atomic E-state index is -0.896. The van der Waals surface area contributed by atoms with Gasteiger partial charge < -0.3 is 31.6 Å². The topological polar surface area (TPSA) is 165 Å². The monoisotopic (exact) mass is 508 g/mol. The highest BCUT2D eigenvalue weighted by molar-refractivity contribution is 5.89. The zero-order valence-corrected chi connectivity index (χ0v) is 20.5. The molecule has 0 aliphatic rings. The van der Waals surface area contributed by atoms with Crippen molar-refractivity contribution < 1.29 is 19.6 Å². The van der Waals surface area contributed by atoms with Crippen LogP contribution >= 0.6 is 0 Å². The first-order valence-corrected chi connectivity index (χ1v) is 12.1. The van der Waals surface area contributed by atoms with Crippen molar-refractivity contribution in [1.29, 1.82) is 0 Å². The van der Waals surface area contributed by atoms with Gasteiger partial charge in [-0.25, -0.2) is 4.57 Å². The molecule has 5 N–H and O–H groups in total. The number of carbonyl (C=O) groups is 2. The molecule has 1 aromatic heterocycles. The summed E-state index contributed by atoms with van der Waals surface area (Å²) in [4.78, 5) is 40.0. The second-order valence-corrected chi connectivity index (χ2v) is 8.74. The molecule has 0 aliphatic carbocycles. The Kier molecular flexibility index (Phi) is 10.1. The van der Waals surface area contributed by atoms with Crippen molar-refractivity contribution in [3.63, 3.8) is 0 Å². The quantitative estimate of drug-likeness (QED) is 0.147. The van der Waals surface area contributed by atoms with E-state index in [1.54, 1.807) is 12.1 Å². The van der Waals surface area contributed by atoms with Crippen molar-refractivity contribution >= 4 is 17.8 Å². The number of amides is 2. The maximum Gasteiger partial charge on any atom is 0.434 e. The van der Waals surface area contributed by atoms with Crippen molar-refractivity contribution in [3.05, 3.63) is 88.2 Å². The van der Waals surface area contributed by atoms with Gasteiger partial charge in [0.25, 0.3) is 0 Å². The lowest BCUT2D eigenvalue weighted by Crippen LogP contribution is -2.52. The molecular formula is C26H32N6O5. The summed E-state index contributed by atoms with van der Waals surface area (Å²) in [6, 6.07) is 14.6. The van der Waals surface area contributed by atoms with Crippen LogP contribution < -0.4 is 16.4 Å².